The molecule has 1 N–H and O–H groups in total. The highest BCUT2D eigenvalue weighted by Gasteiger charge is 2.35. The van der Waals surface area contributed by atoms with Gasteiger partial charge in [-0.15, -0.1) is 0 Å². The summed E-state index contributed by atoms with van der Waals surface area (Å²) in [5.41, 5.74) is 2.33. The van der Waals surface area contributed by atoms with Crippen LogP contribution in [0, 0.1) is 6.92 Å². The van der Waals surface area contributed by atoms with E-state index in [4.69, 9.17) is 11.6 Å². The number of rotatable bonds is 3. The van der Waals surface area contributed by atoms with Crippen LogP contribution in [-0.4, -0.2) is 21.2 Å². The first-order valence-electron chi connectivity index (χ1n) is 7.34. The number of phenols is 1. The van der Waals surface area contributed by atoms with Gasteiger partial charge in [0.1, 0.15) is 5.75 Å². The SMILES string of the molecule is Cc1cccc(CN2C(=O)S/C(=C\c3cc(Br)cc(Cl)c3O)C2=O)c1. The van der Waals surface area contributed by atoms with Crippen molar-refractivity contribution < 1.29 is 14.7 Å². The lowest BCUT2D eigenvalue weighted by Gasteiger charge is -2.12. The number of amides is 2. The largest absolute Gasteiger partial charge is 0.506 e. The number of carbonyl (C=O) groups excluding carboxylic acids is 2. The zero-order valence-electron chi connectivity index (χ0n) is 13.1. The van der Waals surface area contributed by atoms with Gasteiger partial charge in [-0.1, -0.05) is 57.4 Å². The average Bonchev–Trinajstić information content (AvgIpc) is 2.80. The predicted octanol–water partition coefficient (Wildman–Crippen LogP) is 5.35. The van der Waals surface area contributed by atoms with Crippen LogP contribution in [0.2, 0.25) is 5.02 Å². The van der Waals surface area contributed by atoms with Crippen molar-refractivity contribution in [3.05, 3.63) is 67.5 Å². The minimum absolute atomic E-state index is 0.129. The van der Waals surface area contributed by atoms with E-state index >= 15 is 0 Å². The molecule has 2 amide bonds. The van der Waals surface area contributed by atoms with Crippen LogP contribution in [0.3, 0.4) is 0 Å². The molecule has 128 valence electrons. The Hall–Kier alpha value is -1.76. The van der Waals surface area contributed by atoms with E-state index in [9.17, 15) is 14.7 Å². The third-order valence-electron chi connectivity index (χ3n) is 3.64. The van der Waals surface area contributed by atoms with E-state index in [-0.39, 0.29) is 33.4 Å². The number of imide groups is 1. The monoisotopic (exact) mass is 437 g/mol. The highest BCUT2D eigenvalue weighted by atomic mass is 79.9. The summed E-state index contributed by atoms with van der Waals surface area (Å²) in [7, 11) is 0. The summed E-state index contributed by atoms with van der Waals surface area (Å²) in [5, 5.41) is 9.88. The van der Waals surface area contributed by atoms with Gasteiger partial charge in [-0.05, 0) is 42.5 Å². The smallest absolute Gasteiger partial charge is 0.293 e. The minimum Gasteiger partial charge on any atom is -0.506 e. The number of halogens is 2. The van der Waals surface area contributed by atoms with Gasteiger partial charge in [0.25, 0.3) is 11.1 Å². The highest BCUT2D eigenvalue weighted by molar-refractivity contribution is 9.10. The van der Waals surface area contributed by atoms with Gasteiger partial charge in [-0.25, -0.2) is 0 Å². The summed E-state index contributed by atoms with van der Waals surface area (Å²) in [6.07, 6.45) is 1.48. The molecule has 3 rings (SSSR count). The highest BCUT2D eigenvalue weighted by Crippen LogP contribution is 2.37. The van der Waals surface area contributed by atoms with E-state index in [0.29, 0.717) is 10.0 Å². The Bertz CT molecular complexity index is 913. The quantitative estimate of drug-likeness (QED) is 0.656. The standard InChI is InChI=1S/C18H13BrClNO3S/c1-10-3-2-4-11(5-10)9-21-17(23)15(25-18(21)24)7-12-6-13(19)8-14(20)16(12)22/h2-8,22H,9H2,1H3/b15-7-. The molecule has 0 bridgehead atoms. The Morgan fingerprint density at radius 2 is 2.04 bits per heavy atom. The molecule has 2 aromatic rings. The van der Waals surface area contributed by atoms with Crippen molar-refractivity contribution in [1.29, 1.82) is 0 Å². The number of thioether (sulfide) groups is 1. The molecule has 0 unspecified atom stereocenters. The topological polar surface area (TPSA) is 57.6 Å². The van der Waals surface area contributed by atoms with Crippen LogP contribution in [0.15, 0.2) is 45.8 Å². The summed E-state index contributed by atoms with van der Waals surface area (Å²) < 4.78 is 0.667. The fraction of sp³-hybridized carbons (Fsp3) is 0.111. The van der Waals surface area contributed by atoms with Gasteiger partial charge >= 0.3 is 0 Å². The fourth-order valence-electron chi connectivity index (χ4n) is 2.47. The maximum absolute atomic E-state index is 12.6. The molecule has 1 aliphatic rings. The second-order valence-corrected chi connectivity index (χ2v) is 7.90. The van der Waals surface area contributed by atoms with Gasteiger partial charge in [-0.3, -0.25) is 14.5 Å². The van der Waals surface area contributed by atoms with Crippen LogP contribution in [0.5, 0.6) is 5.75 Å². The molecular weight excluding hydrogens is 426 g/mol. The lowest BCUT2D eigenvalue weighted by atomic mass is 10.1. The van der Waals surface area contributed by atoms with Crippen LogP contribution in [0.1, 0.15) is 16.7 Å². The molecule has 0 aliphatic carbocycles. The fourth-order valence-corrected chi connectivity index (χ4v) is 4.13. The molecule has 0 saturated carbocycles. The van der Waals surface area contributed by atoms with E-state index < -0.39 is 0 Å². The number of carbonyl (C=O) groups is 2. The Kier molecular flexibility index (Phi) is 5.22. The molecular formula is C18H13BrClNO3S. The predicted molar refractivity (Wildman–Crippen MR) is 104 cm³/mol. The molecule has 2 aromatic carbocycles. The number of phenolic OH excluding ortho intramolecular Hbond substituents is 1. The van der Waals surface area contributed by atoms with Crippen molar-refractivity contribution in [3.8, 4) is 5.75 Å². The summed E-state index contributed by atoms with van der Waals surface area (Å²) in [6.45, 7) is 2.17. The molecule has 1 saturated heterocycles. The molecule has 4 nitrogen and oxygen atoms in total. The van der Waals surface area contributed by atoms with Gasteiger partial charge in [0, 0.05) is 10.0 Å². The first-order valence-corrected chi connectivity index (χ1v) is 9.33. The van der Waals surface area contributed by atoms with E-state index in [0.717, 1.165) is 22.9 Å². The molecule has 0 spiro atoms. The van der Waals surface area contributed by atoms with Crippen LogP contribution in [0.25, 0.3) is 6.08 Å². The zero-order valence-corrected chi connectivity index (χ0v) is 16.3. The van der Waals surface area contributed by atoms with Crippen LogP contribution in [0.4, 0.5) is 4.79 Å². The van der Waals surface area contributed by atoms with E-state index in [1.54, 1.807) is 12.1 Å². The Morgan fingerprint density at radius 1 is 1.28 bits per heavy atom. The summed E-state index contributed by atoms with van der Waals surface area (Å²) >= 11 is 10.1. The van der Waals surface area contributed by atoms with Crippen LogP contribution in [-0.2, 0) is 11.3 Å². The van der Waals surface area contributed by atoms with Crippen molar-refractivity contribution in [2.24, 2.45) is 0 Å². The lowest BCUT2D eigenvalue weighted by Crippen LogP contribution is -2.27. The molecule has 0 aromatic heterocycles. The van der Waals surface area contributed by atoms with Crippen molar-refractivity contribution >= 4 is 56.5 Å². The maximum Gasteiger partial charge on any atom is 0.293 e. The van der Waals surface area contributed by atoms with Gasteiger partial charge in [0.05, 0.1) is 16.5 Å². The third kappa shape index (κ3) is 3.92. The second-order valence-electron chi connectivity index (χ2n) is 5.58. The second kappa shape index (κ2) is 7.23. The molecule has 0 atom stereocenters. The molecule has 0 radical (unpaired) electrons. The van der Waals surface area contributed by atoms with Crippen molar-refractivity contribution in [3.63, 3.8) is 0 Å². The van der Waals surface area contributed by atoms with Crippen molar-refractivity contribution in [1.82, 2.24) is 4.90 Å². The summed E-state index contributed by atoms with van der Waals surface area (Å²) in [4.78, 5) is 26.3. The summed E-state index contributed by atoms with van der Waals surface area (Å²) in [5.74, 6) is -0.512. The molecule has 1 aliphatic heterocycles. The molecule has 7 heteroatoms. The van der Waals surface area contributed by atoms with E-state index in [2.05, 4.69) is 15.9 Å². The first kappa shape index (κ1) is 18.0. The van der Waals surface area contributed by atoms with E-state index in [1.165, 1.54) is 11.0 Å². The van der Waals surface area contributed by atoms with Crippen molar-refractivity contribution in [2.45, 2.75) is 13.5 Å². The maximum atomic E-state index is 12.6. The van der Waals surface area contributed by atoms with Gasteiger partial charge in [0.15, 0.2) is 0 Å². The summed E-state index contributed by atoms with van der Waals surface area (Å²) in [6, 6.07) is 10.8. The number of nitrogens with zero attached hydrogens (tertiary/aromatic N) is 1. The van der Waals surface area contributed by atoms with Gasteiger partial charge in [-0.2, -0.15) is 0 Å². The van der Waals surface area contributed by atoms with Crippen LogP contribution < -0.4 is 0 Å². The third-order valence-corrected chi connectivity index (χ3v) is 5.29. The van der Waals surface area contributed by atoms with E-state index in [1.807, 2.05) is 31.2 Å². The van der Waals surface area contributed by atoms with Gasteiger partial charge in [0.2, 0.25) is 0 Å². The Morgan fingerprint density at radius 3 is 2.76 bits per heavy atom. The normalized spacial score (nSPS) is 16.1. The number of aryl methyl sites for hydroxylation is 1. The zero-order chi connectivity index (χ0) is 18.1. The average molecular weight is 439 g/mol. The molecule has 1 heterocycles. The minimum atomic E-state index is -0.382. The number of hydrogen-bond acceptors (Lipinski definition) is 4. The first-order chi connectivity index (χ1) is 11.8. The number of aromatic hydroxyl groups is 1. The Labute approximate surface area is 162 Å². The van der Waals surface area contributed by atoms with Crippen molar-refractivity contribution in [2.75, 3.05) is 0 Å². The lowest BCUT2D eigenvalue weighted by molar-refractivity contribution is -0.123. The molecule has 1 fully saturated rings. The molecule has 25 heavy (non-hydrogen) atoms. The Balaban J connectivity index is 1.89. The van der Waals surface area contributed by atoms with Crippen LogP contribution >= 0.6 is 39.3 Å². The number of benzene rings is 2. The van der Waals surface area contributed by atoms with Gasteiger partial charge < -0.3 is 5.11 Å². The number of hydrogen-bond donors (Lipinski definition) is 1.